The molecule has 0 saturated heterocycles. The number of fused-ring (bicyclic) bond motifs is 1. The highest BCUT2D eigenvalue weighted by molar-refractivity contribution is 9.10. The summed E-state index contributed by atoms with van der Waals surface area (Å²) >= 11 is 3.49. The van der Waals surface area contributed by atoms with Gasteiger partial charge in [-0.15, -0.1) is 0 Å². The van der Waals surface area contributed by atoms with Gasteiger partial charge in [-0.1, -0.05) is 0 Å². The second-order valence-corrected chi connectivity index (χ2v) is 5.45. The molecule has 1 aromatic carbocycles. The third-order valence-corrected chi connectivity index (χ3v) is 4.35. The van der Waals surface area contributed by atoms with E-state index in [9.17, 15) is 5.11 Å². The van der Waals surface area contributed by atoms with Crippen molar-refractivity contribution < 1.29 is 5.11 Å². The molecule has 0 atom stereocenters. The number of benzene rings is 1. The molecule has 1 heterocycles. The van der Waals surface area contributed by atoms with Crippen LogP contribution in [0.15, 0.2) is 16.6 Å². The van der Waals surface area contributed by atoms with Gasteiger partial charge in [0, 0.05) is 18.7 Å². The van der Waals surface area contributed by atoms with Crippen molar-refractivity contribution in [3.8, 4) is 17.0 Å². The highest BCUT2D eigenvalue weighted by Gasteiger charge is 2.21. The molecule has 0 spiro atoms. The lowest BCUT2D eigenvalue weighted by Crippen LogP contribution is -1.96. The number of halogens is 1. The fraction of sp³-hybridized carbons (Fsp3) is 0.308. The van der Waals surface area contributed by atoms with Crippen molar-refractivity contribution in [1.29, 1.82) is 0 Å². The maximum atomic E-state index is 10.3. The first-order chi connectivity index (χ1) is 8.58. The van der Waals surface area contributed by atoms with Gasteiger partial charge in [0.2, 0.25) is 0 Å². The second kappa shape index (κ2) is 4.02. The number of nitrogens with two attached hydrogens (primary N) is 1. The molecule has 18 heavy (non-hydrogen) atoms. The number of nitrogen functional groups attached to an aromatic ring is 1. The molecule has 0 radical (unpaired) electrons. The molecule has 0 unspecified atom stereocenters. The number of phenols is 1. The molecular weight excluding hydrogens is 294 g/mol. The van der Waals surface area contributed by atoms with Crippen LogP contribution in [0.3, 0.4) is 0 Å². The smallest absolute Gasteiger partial charge is 0.139 e. The SMILES string of the molecule is Cn1nc(-c2cc3c(c(Br)c2O)CCC3)cc1N. The Bertz CT molecular complexity index is 614. The average molecular weight is 308 g/mol. The molecule has 2 aromatic rings. The van der Waals surface area contributed by atoms with Gasteiger partial charge in [-0.05, 0) is 52.4 Å². The van der Waals surface area contributed by atoms with E-state index in [1.54, 1.807) is 17.8 Å². The van der Waals surface area contributed by atoms with Crippen LogP contribution < -0.4 is 5.73 Å². The number of aromatic nitrogens is 2. The van der Waals surface area contributed by atoms with Crippen LogP contribution in [0.5, 0.6) is 5.75 Å². The number of phenolic OH excluding ortho intramolecular Hbond substituents is 1. The van der Waals surface area contributed by atoms with Crippen LogP contribution in [0, 0.1) is 0 Å². The zero-order valence-corrected chi connectivity index (χ0v) is 11.7. The fourth-order valence-corrected chi connectivity index (χ4v) is 3.16. The number of rotatable bonds is 1. The van der Waals surface area contributed by atoms with Crippen molar-refractivity contribution in [1.82, 2.24) is 9.78 Å². The van der Waals surface area contributed by atoms with E-state index in [1.807, 2.05) is 6.07 Å². The van der Waals surface area contributed by atoms with Gasteiger partial charge in [0.05, 0.1) is 10.2 Å². The molecule has 1 aliphatic carbocycles. The first-order valence-corrected chi connectivity index (χ1v) is 6.70. The maximum absolute atomic E-state index is 10.3. The van der Waals surface area contributed by atoms with E-state index < -0.39 is 0 Å². The van der Waals surface area contributed by atoms with Crippen molar-refractivity contribution in [2.24, 2.45) is 7.05 Å². The molecule has 1 aliphatic rings. The lowest BCUT2D eigenvalue weighted by Gasteiger charge is -2.09. The van der Waals surface area contributed by atoms with Gasteiger partial charge < -0.3 is 10.8 Å². The third kappa shape index (κ3) is 1.61. The molecule has 0 aliphatic heterocycles. The zero-order chi connectivity index (χ0) is 12.9. The second-order valence-electron chi connectivity index (χ2n) is 4.66. The topological polar surface area (TPSA) is 64.1 Å². The Hall–Kier alpha value is -1.49. The average Bonchev–Trinajstić information content (AvgIpc) is 2.92. The summed E-state index contributed by atoms with van der Waals surface area (Å²) < 4.78 is 2.41. The third-order valence-electron chi connectivity index (χ3n) is 3.50. The van der Waals surface area contributed by atoms with Gasteiger partial charge in [0.15, 0.2) is 0 Å². The summed E-state index contributed by atoms with van der Waals surface area (Å²) in [5.74, 6) is 0.842. The normalized spacial score (nSPS) is 13.9. The van der Waals surface area contributed by atoms with Gasteiger partial charge in [-0.25, -0.2) is 0 Å². The Morgan fingerprint density at radius 2 is 2.17 bits per heavy atom. The van der Waals surface area contributed by atoms with Crippen LogP contribution in [0.4, 0.5) is 5.82 Å². The largest absolute Gasteiger partial charge is 0.506 e. The van der Waals surface area contributed by atoms with E-state index in [1.165, 1.54) is 11.1 Å². The van der Waals surface area contributed by atoms with Crippen molar-refractivity contribution >= 4 is 21.7 Å². The van der Waals surface area contributed by atoms with E-state index in [0.717, 1.165) is 29.3 Å². The first kappa shape index (κ1) is 11.6. The van der Waals surface area contributed by atoms with Crippen molar-refractivity contribution in [3.63, 3.8) is 0 Å². The van der Waals surface area contributed by atoms with Crippen LogP contribution in [0.25, 0.3) is 11.3 Å². The number of hydrogen-bond donors (Lipinski definition) is 2. The maximum Gasteiger partial charge on any atom is 0.139 e. The van der Waals surface area contributed by atoms with E-state index in [4.69, 9.17) is 5.73 Å². The van der Waals surface area contributed by atoms with Crippen LogP contribution in [-0.4, -0.2) is 14.9 Å². The Kier molecular flexibility index (Phi) is 2.59. The van der Waals surface area contributed by atoms with E-state index in [-0.39, 0.29) is 5.75 Å². The Balaban J connectivity index is 2.21. The van der Waals surface area contributed by atoms with Gasteiger partial charge in [0.25, 0.3) is 0 Å². The molecular formula is C13H14BrN3O. The summed E-state index contributed by atoms with van der Waals surface area (Å²) in [7, 11) is 1.79. The van der Waals surface area contributed by atoms with Gasteiger partial charge in [-0.3, -0.25) is 4.68 Å². The minimum absolute atomic E-state index is 0.258. The zero-order valence-electron chi connectivity index (χ0n) is 10.1. The molecule has 1 aromatic heterocycles. The van der Waals surface area contributed by atoms with Crippen LogP contribution in [0.1, 0.15) is 17.5 Å². The summed E-state index contributed by atoms with van der Waals surface area (Å²) in [6.07, 6.45) is 3.22. The van der Waals surface area contributed by atoms with Crippen LogP contribution in [-0.2, 0) is 19.9 Å². The number of hydrogen-bond acceptors (Lipinski definition) is 3. The fourth-order valence-electron chi connectivity index (χ4n) is 2.49. The molecule has 0 amide bonds. The van der Waals surface area contributed by atoms with Crippen molar-refractivity contribution in [2.75, 3.05) is 5.73 Å². The number of nitrogens with zero attached hydrogens (tertiary/aromatic N) is 2. The molecule has 0 saturated carbocycles. The Morgan fingerprint density at radius 3 is 2.83 bits per heavy atom. The molecule has 4 nitrogen and oxygen atoms in total. The summed E-state index contributed by atoms with van der Waals surface area (Å²) in [6.45, 7) is 0. The Morgan fingerprint density at radius 1 is 1.39 bits per heavy atom. The van der Waals surface area contributed by atoms with E-state index >= 15 is 0 Å². The van der Waals surface area contributed by atoms with Crippen LogP contribution in [0.2, 0.25) is 0 Å². The lowest BCUT2D eigenvalue weighted by molar-refractivity contribution is 0.473. The van der Waals surface area contributed by atoms with E-state index in [2.05, 4.69) is 21.0 Å². The predicted octanol–water partition coefficient (Wildman–Crippen LogP) is 2.63. The summed E-state index contributed by atoms with van der Waals surface area (Å²) in [5.41, 5.74) is 9.76. The lowest BCUT2D eigenvalue weighted by atomic mass is 10.0. The predicted molar refractivity (Wildman–Crippen MR) is 74.4 cm³/mol. The molecule has 5 heteroatoms. The summed E-state index contributed by atoms with van der Waals surface area (Å²) in [6, 6.07) is 3.81. The van der Waals surface area contributed by atoms with Gasteiger partial charge in [-0.2, -0.15) is 5.10 Å². The molecule has 3 N–H and O–H groups in total. The highest BCUT2D eigenvalue weighted by Crippen LogP contribution is 2.42. The minimum atomic E-state index is 0.258. The summed E-state index contributed by atoms with van der Waals surface area (Å²) in [5, 5.41) is 14.6. The van der Waals surface area contributed by atoms with E-state index in [0.29, 0.717) is 11.5 Å². The molecule has 0 bridgehead atoms. The Labute approximate surface area is 114 Å². The molecule has 94 valence electrons. The number of aryl methyl sites for hydroxylation is 2. The van der Waals surface area contributed by atoms with Crippen LogP contribution >= 0.6 is 15.9 Å². The van der Waals surface area contributed by atoms with Gasteiger partial charge >= 0.3 is 0 Å². The quantitative estimate of drug-likeness (QED) is 0.851. The van der Waals surface area contributed by atoms with Crippen molar-refractivity contribution in [3.05, 3.63) is 27.7 Å². The highest BCUT2D eigenvalue weighted by atomic mass is 79.9. The summed E-state index contributed by atoms with van der Waals surface area (Å²) in [4.78, 5) is 0. The monoisotopic (exact) mass is 307 g/mol. The first-order valence-electron chi connectivity index (χ1n) is 5.91. The number of anilines is 1. The molecule has 0 fully saturated rings. The minimum Gasteiger partial charge on any atom is -0.506 e. The van der Waals surface area contributed by atoms with Gasteiger partial charge in [0.1, 0.15) is 11.6 Å². The van der Waals surface area contributed by atoms with Crippen molar-refractivity contribution in [2.45, 2.75) is 19.3 Å². The standard InChI is InChI=1S/C13H14BrN3O/c1-17-11(15)6-10(16-17)9-5-7-3-2-4-8(7)12(14)13(9)18/h5-6,18H,2-4,15H2,1H3. The molecule has 3 rings (SSSR count). The number of aromatic hydroxyl groups is 1.